The minimum atomic E-state index is 0.514. The summed E-state index contributed by atoms with van der Waals surface area (Å²) in [5, 5.41) is 1.26. The highest BCUT2D eigenvalue weighted by atomic mass is 32.1. The second-order valence-electron chi connectivity index (χ2n) is 4.28. The third-order valence-corrected chi connectivity index (χ3v) is 4.16. The SMILES string of the molecule is Cc1nc(C(C)Cc2ccccc2)sc1C. The molecule has 0 bridgehead atoms. The summed E-state index contributed by atoms with van der Waals surface area (Å²) in [5.41, 5.74) is 2.57. The molecule has 0 aliphatic heterocycles. The van der Waals surface area contributed by atoms with Gasteiger partial charge < -0.3 is 0 Å². The molecule has 0 N–H and O–H groups in total. The van der Waals surface area contributed by atoms with E-state index in [2.05, 4.69) is 56.1 Å². The van der Waals surface area contributed by atoms with Gasteiger partial charge in [-0.15, -0.1) is 11.3 Å². The van der Waals surface area contributed by atoms with Gasteiger partial charge in [0.15, 0.2) is 0 Å². The lowest BCUT2D eigenvalue weighted by molar-refractivity contribution is 0.748. The fraction of sp³-hybridized carbons (Fsp3) is 0.357. The van der Waals surface area contributed by atoms with Gasteiger partial charge in [-0.3, -0.25) is 0 Å². The zero-order valence-electron chi connectivity index (χ0n) is 10.0. The van der Waals surface area contributed by atoms with Crippen LogP contribution < -0.4 is 0 Å². The molecule has 84 valence electrons. The van der Waals surface area contributed by atoms with Crippen LogP contribution in [0.25, 0.3) is 0 Å². The van der Waals surface area contributed by atoms with Crippen LogP contribution in [0.15, 0.2) is 30.3 Å². The Morgan fingerprint density at radius 3 is 2.44 bits per heavy atom. The van der Waals surface area contributed by atoms with Crippen molar-refractivity contribution in [3.05, 3.63) is 51.5 Å². The molecule has 1 atom stereocenters. The molecule has 0 aliphatic carbocycles. The summed E-state index contributed by atoms with van der Waals surface area (Å²) >= 11 is 1.83. The number of benzene rings is 1. The zero-order chi connectivity index (χ0) is 11.5. The molecular weight excluding hydrogens is 214 g/mol. The molecule has 2 heteroatoms. The van der Waals surface area contributed by atoms with Gasteiger partial charge >= 0.3 is 0 Å². The zero-order valence-corrected chi connectivity index (χ0v) is 10.8. The summed E-state index contributed by atoms with van der Waals surface area (Å²) < 4.78 is 0. The van der Waals surface area contributed by atoms with Crippen LogP contribution in [0.5, 0.6) is 0 Å². The lowest BCUT2D eigenvalue weighted by Crippen LogP contribution is -1.97. The van der Waals surface area contributed by atoms with E-state index in [4.69, 9.17) is 0 Å². The normalized spacial score (nSPS) is 12.7. The number of rotatable bonds is 3. The topological polar surface area (TPSA) is 12.9 Å². The van der Waals surface area contributed by atoms with Crippen molar-refractivity contribution in [2.24, 2.45) is 0 Å². The molecular formula is C14H17NS. The van der Waals surface area contributed by atoms with Crippen molar-refractivity contribution in [2.45, 2.75) is 33.1 Å². The van der Waals surface area contributed by atoms with Crippen LogP contribution in [0.2, 0.25) is 0 Å². The first-order chi connectivity index (χ1) is 7.66. The van der Waals surface area contributed by atoms with Crippen molar-refractivity contribution < 1.29 is 0 Å². The highest BCUT2D eigenvalue weighted by Gasteiger charge is 2.12. The Balaban J connectivity index is 2.11. The molecule has 1 unspecified atom stereocenters. The molecule has 1 nitrogen and oxygen atoms in total. The Morgan fingerprint density at radius 1 is 1.19 bits per heavy atom. The second-order valence-corrected chi connectivity index (χ2v) is 5.52. The maximum atomic E-state index is 4.62. The lowest BCUT2D eigenvalue weighted by Gasteiger charge is -2.07. The van der Waals surface area contributed by atoms with Gasteiger partial charge in [0.1, 0.15) is 0 Å². The molecule has 1 heterocycles. The fourth-order valence-electron chi connectivity index (χ4n) is 1.76. The summed E-state index contributed by atoms with van der Waals surface area (Å²) in [6.07, 6.45) is 1.08. The monoisotopic (exact) mass is 231 g/mol. The number of nitrogens with zero attached hydrogens (tertiary/aromatic N) is 1. The predicted molar refractivity (Wildman–Crippen MR) is 70.1 cm³/mol. The van der Waals surface area contributed by atoms with E-state index in [1.807, 2.05) is 11.3 Å². The second kappa shape index (κ2) is 4.79. The Hall–Kier alpha value is -1.15. The Bertz CT molecular complexity index is 439. The van der Waals surface area contributed by atoms with Gasteiger partial charge in [-0.05, 0) is 25.8 Å². The minimum Gasteiger partial charge on any atom is -0.246 e. The standard InChI is InChI=1S/C14H17NS/c1-10(9-13-7-5-4-6-8-13)14-15-11(2)12(3)16-14/h4-8,10H,9H2,1-3H3. The molecule has 16 heavy (non-hydrogen) atoms. The Kier molecular flexibility index (Phi) is 3.39. The predicted octanol–water partition coefficient (Wildman–Crippen LogP) is 4.11. The van der Waals surface area contributed by atoms with Crippen molar-refractivity contribution in [1.29, 1.82) is 0 Å². The third-order valence-electron chi connectivity index (χ3n) is 2.85. The minimum absolute atomic E-state index is 0.514. The highest BCUT2D eigenvalue weighted by Crippen LogP contribution is 2.26. The largest absolute Gasteiger partial charge is 0.246 e. The van der Waals surface area contributed by atoms with Crippen molar-refractivity contribution in [1.82, 2.24) is 4.98 Å². The smallest absolute Gasteiger partial charge is 0.0962 e. The van der Waals surface area contributed by atoms with Gasteiger partial charge in [-0.25, -0.2) is 4.98 Å². The van der Waals surface area contributed by atoms with Crippen LogP contribution in [0, 0.1) is 13.8 Å². The first-order valence-electron chi connectivity index (χ1n) is 5.64. The van der Waals surface area contributed by atoms with Gasteiger partial charge in [0.25, 0.3) is 0 Å². The van der Waals surface area contributed by atoms with Crippen LogP contribution in [-0.4, -0.2) is 4.98 Å². The van der Waals surface area contributed by atoms with Crippen molar-refractivity contribution in [2.75, 3.05) is 0 Å². The first kappa shape index (κ1) is 11.3. The molecule has 0 fully saturated rings. The van der Waals surface area contributed by atoms with E-state index in [0.717, 1.165) is 6.42 Å². The quantitative estimate of drug-likeness (QED) is 0.774. The van der Waals surface area contributed by atoms with E-state index in [1.54, 1.807) is 0 Å². The summed E-state index contributed by atoms with van der Waals surface area (Å²) in [6, 6.07) is 10.6. The van der Waals surface area contributed by atoms with Gasteiger partial charge in [-0.1, -0.05) is 37.3 Å². The first-order valence-corrected chi connectivity index (χ1v) is 6.46. The third kappa shape index (κ3) is 2.50. The molecule has 0 aliphatic rings. The van der Waals surface area contributed by atoms with Crippen LogP contribution in [0.3, 0.4) is 0 Å². The fourth-order valence-corrected chi connectivity index (χ4v) is 2.74. The van der Waals surface area contributed by atoms with Crippen LogP contribution in [-0.2, 0) is 6.42 Å². The summed E-state index contributed by atoms with van der Waals surface area (Å²) in [4.78, 5) is 5.97. The van der Waals surface area contributed by atoms with Crippen molar-refractivity contribution in [3.8, 4) is 0 Å². The molecule has 0 saturated heterocycles. The number of hydrogen-bond donors (Lipinski definition) is 0. The summed E-state index contributed by atoms with van der Waals surface area (Å²) in [6.45, 7) is 6.49. The molecule has 1 aromatic carbocycles. The molecule has 0 radical (unpaired) electrons. The van der Waals surface area contributed by atoms with E-state index in [1.165, 1.54) is 21.1 Å². The van der Waals surface area contributed by atoms with Crippen molar-refractivity contribution >= 4 is 11.3 Å². The van der Waals surface area contributed by atoms with Crippen LogP contribution in [0.4, 0.5) is 0 Å². The van der Waals surface area contributed by atoms with E-state index >= 15 is 0 Å². The molecule has 2 aromatic rings. The van der Waals surface area contributed by atoms with E-state index in [9.17, 15) is 0 Å². The number of thiazole rings is 1. The highest BCUT2D eigenvalue weighted by molar-refractivity contribution is 7.11. The van der Waals surface area contributed by atoms with Crippen LogP contribution >= 0.6 is 11.3 Å². The Morgan fingerprint density at radius 2 is 1.88 bits per heavy atom. The number of hydrogen-bond acceptors (Lipinski definition) is 2. The van der Waals surface area contributed by atoms with E-state index in [-0.39, 0.29) is 0 Å². The molecule has 0 spiro atoms. The van der Waals surface area contributed by atoms with Gasteiger partial charge in [-0.2, -0.15) is 0 Å². The van der Waals surface area contributed by atoms with Crippen LogP contribution in [0.1, 0.15) is 34.0 Å². The van der Waals surface area contributed by atoms with Gasteiger partial charge in [0.05, 0.1) is 10.7 Å². The molecule has 2 rings (SSSR count). The summed E-state index contributed by atoms with van der Waals surface area (Å²) in [5.74, 6) is 0.514. The lowest BCUT2D eigenvalue weighted by atomic mass is 10.0. The number of aryl methyl sites for hydroxylation is 2. The number of aromatic nitrogens is 1. The van der Waals surface area contributed by atoms with E-state index in [0.29, 0.717) is 5.92 Å². The maximum Gasteiger partial charge on any atom is 0.0962 e. The van der Waals surface area contributed by atoms with Crippen molar-refractivity contribution in [3.63, 3.8) is 0 Å². The molecule has 1 aromatic heterocycles. The Labute approximate surface area is 101 Å². The molecule has 0 amide bonds. The molecule has 0 saturated carbocycles. The van der Waals surface area contributed by atoms with Gasteiger partial charge in [0.2, 0.25) is 0 Å². The average molecular weight is 231 g/mol. The van der Waals surface area contributed by atoms with E-state index < -0.39 is 0 Å². The maximum absolute atomic E-state index is 4.62. The van der Waals surface area contributed by atoms with Gasteiger partial charge in [0, 0.05) is 10.8 Å². The average Bonchev–Trinajstić information content (AvgIpc) is 2.61. The summed E-state index contributed by atoms with van der Waals surface area (Å²) in [7, 11) is 0.